The summed E-state index contributed by atoms with van der Waals surface area (Å²) < 4.78 is 7.62. The number of ether oxygens (including phenoxy) is 1. The fourth-order valence-corrected chi connectivity index (χ4v) is 4.15. The van der Waals surface area contributed by atoms with E-state index in [1.807, 2.05) is 35.2 Å². The molecule has 0 spiro atoms. The first kappa shape index (κ1) is 18.2. The molecule has 8 heteroatoms. The Bertz CT molecular complexity index is 706. The number of rotatable bonds is 8. The van der Waals surface area contributed by atoms with E-state index in [0.29, 0.717) is 19.1 Å². The summed E-state index contributed by atoms with van der Waals surface area (Å²) in [5.41, 5.74) is 0. The normalized spacial score (nSPS) is 17.4. The highest BCUT2D eigenvalue weighted by atomic mass is 32.2. The van der Waals surface area contributed by atoms with Crippen molar-refractivity contribution in [1.29, 1.82) is 0 Å². The van der Waals surface area contributed by atoms with Gasteiger partial charge in [-0.05, 0) is 30.4 Å². The average Bonchev–Trinajstić information content (AvgIpc) is 3.35. The largest absolute Gasteiger partial charge is 0.377 e. The molecule has 1 saturated heterocycles. The summed E-state index contributed by atoms with van der Waals surface area (Å²) >= 11 is 3.28. The molecule has 0 bridgehead atoms. The van der Waals surface area contributed by atoms with Gasteiger partial charge in [-0.3, -0.25) is 4.79 Å². The average molecular weight is 379 g/mol. The van der Waals surface area contributed by atoms with Gasteiger partial charge >= 0.3 is 0 Å². The quantitative estimate of drug-likeness (QED) is 0.565. The molecule has 1 unspecified atom stereocenters. The molecule has 1 aliphatic heterocycles. The highest BCUT2D eigenvalue weighted by Crippen LogP contribution is 2.22. The Labute approximate surface area is 155 Å². The Balaban J connectivity index is 1.41. The van der Waals surface area contributed by atoms with Crippen molar-refractivity contribution in [1.82, 2.24) is 20.1 Å². The van der Waals surface area contributed by atoms with Gasteiger partial charge in [0.15, 0.2) is 5.16 Å². The summed E-state index contributed by atoms with van der Waals surface area (Å²) in [6.07, 6.45) is 6.65. The molecular weight excluding hydrogens is 356 g/mol. The van der Waals surface area contributed by atoms with Crippen LogP contribution in [-0.4, -0.2) is 45.7 Å². The molecule has 1 atom stereocenters. The summed E-state index contributed by atoms with van der Waals surface area (Å²) in [6.45, 7) is 1.41. The van der Waals surface area contributed by atoms with Crippen molar-refractivity contribution in [3.05, 3.63) is 34.3 Å². The lowest BCUT2D eigenvalue weighted by Crippen LogP contribution is -2.24. The number of hydrogen-bond donors (Lipinski definition) is 1. The molecule has 0 aliphatic carbocycles. The molecule has 0 radical (unpaired) electrons. The molecule has 25 heavy (non-hydrogen) atoms. The maximum absolute atomic E-state index is 11.8. The van der Waals surface area contributed by atoms with Gasteiger partial charge in [-0.2, -0.15) is 0 Å². The van der Waals surface area contributed by atoms with Crippen LogP contribution in [0, 0.1) is 0 Å². The lowest BCUT2D eigenvalue weighted by atomic mass is 10.3. The third kappa shape index (κ3) is 5.42. The minimum atomic E-state index is -0.0939. The van der Waals surface area contributed by atoms with E-state index in [1.165, 1.54) is 0 Å². The van der Waals surface area contributed by atoms with Crippen molar-refractivity contribution in [2.75, 3.05) is 18.9 Å². The monoisotopic (exact) mass is 378 g/mol. The molecule has 3 heterocycles. The van der Waals surface area contributed by atoms with E-state index in [0.717, 1.165) is 41.1 Å². The lowest BCUT2D eigenvalue weighted by Gasteiger charge is -2.08. The molecule has 3 rings (SSSR count). The number of amides is 1. The maximum Gasteiger partial charge on any atom is 0.244 e. The third-order valence-corrected chi connectivity index (χ3v) is 5.93. The summed E-state index contributed by atoms with van der Waals surface area (Å²) in [5.74, 6) is 1.69. The summed E-state index contributed by atoms with van der Waals surface area (Å²) in [7, 11) is 1.96. The van der Waals surface area contributed by atoms with Crippen LogP contribution in [0.25, 0.3) is 6.08 Å². The molecule has 2 aromatic rings. The molecule has 6 nitrogen and oxygen atoms in total. The smallest absolute Gasteiger partial charge is 0.244 e. The van der Waals surface area contributed by atoms with Gasteiger partial charge in [0, 0.05) is 43.3 Å². The van der Waals surface area contributed by atoms with Crippen LogP contribution in [0.3, 0.4) is 0 Å². The molecule has 1 fully saturated rings. The molecule has 0 aromatic carbocycles. The first-order chi connectivity index (χ1) is 12.2. The number of thioether (sulfide) groups is 1. The van der Waals surface area contributed by atoms with Crippen molar-refractivity contribution in [3.63, 3.8) is 0 Å². The Morgan fingerprint density at radius 1 is 1.56 bits per heavy atom. The van der Waals surface area contributed by atoms with Crippen molar-refractivity contribution < 1.29 is 9.53 Å². The van der Waals surface area contributed by atoms with Crippen LogP contribution in [0.2, 0.25) is 0 Å². The Hall–Kier alpha value is -1.64. The fraction of sp³-hybridized carbons (Fsp3) is 0.471. The van der Waals surface area contributed by atoms with Crippen molar-refractivity contribution in [2.24, 2.45) is 7.05 Å². The molecule has 1 aliphatic rings. The Kier molecular flexibility index (Phi) is 6.66. The van der Waals surface area contributed by atoms with E-state index in [-0.39, 0.29) is 5.91 Å². The zero-order valence-corrected chi connectivity index (χ0v) is 15.8. The molecule has 2 aromatic heterocycles. The minimum absolute atomic E-state index is 0.0939. The van der Waals surface area contributed by atoms with Crippen LogP contribution in [0.4, 0.5) is 0 Å². The second-order valence-corrected chi connectivity index (χ2v) is 7.76. The SMILES string of the molecule is Cn1c(CCNC(=O)/C=C/c2cccs2)nnc1SCC1CCCO1. The van der Waals surface area contributed by atoms with Crippen molar-refractivity contribution in [2.45, 2.75) is 30.5 Å². The van der Waals surface area contributed by atoms with Crippen LogP contribution >= 0.6 is 23.1 Å². The van der Waals surface area contributed by atoms with E-state index >= 15 is 0 Å². The molecule has 1 N–H and O–H groups in total. The predicted octanol–water partition coefficient (Wildman–Crippen LogP) is 2.52. The number of aromatic nitrogens is 3. The van der Waals surface area contributed by atoms with Gasteiger partial charge in [0.05, 0.1) is 6.10 Å². The predicted molar refractivity (Wildman–Crippen MR) is 101 cm³/mol. The number of nitrogens with zero attached hydrogens (tertiary/aromatic N) is 3. The van der Waals surface area contributed by atoms with Crippen molar-refractivity contribution >= 4 is 35.1 Å². The zero-order chi connectivity index (χ0) is 17.5. The highest BCUT2D eigenvalue weighted by Gasteiger charge is 2.17. The minimum Gasteiger partial charge on any atom is -0.377 e. The molecular formula is C17H22N4O2S2. The van der Waals surface area contributed by atoms with Gasteiger partial charge in [0.25, 0.3) is 0 Å². The second-order valence-electron chi connectivity index (χ2n) is 5.79. The molecule has 0 saturated carbocycles. The van der Waals surface area contributed by atoms with E-state index in [9.17, 15) is 4.79 Å². The number of carbonyl (C=O) groups is 1. The van der Waals surface area contributed by atoms with E-state index in [1.54, 1.807) is 29.2 Å². The van der Waals surface area contributed by atoms with Crippen LogP contribution in [0.5, 0.6) is 0 Å². The zero-order valence-electron chi connectivity index (χ0n) is 14.2. The van der Waals surface area contributed by atoms with E-state index < -0.39 is 0 Å². The van der Waals surface area contributed by atoms with Crippen molar-refractivity contribution in [3.8, 4) is 0 Å². The van der Waals surface area contributed by atoms with Gasteiger partial charge in [0.1, 0.15) is 5.82 Å². The summed E-state index contributed by atoms with van der Waals surface area (Å²) in [4.78, 5) is 12.9. The number of hydrogen-bond acceptors (Lipinski definition) is 6. The summed E-state index contributed by atoms with van der Waals surface area (Å²) in [6, 6.07) is 3.94. The molecule has 134 valence electrons. The van der Waals surface area contributed by atoms with Crippen LogP contribution in [-0.2, 0) is 23.0 Å². The maximum atomic E-state index is 11.8. The first-order valence-electron chi connectivity index (χ1n) is 8.34. The van der Waals surface area contributed by atoms with Gasteiger partial charge in [-0.15, -0.1) is 21.5 Å². The Morgan fingerprint density at radius 2 is 2.48 bits per heavy atom. The summed E-state index contributed by atoms with van der Waals surface area (Å²) in [5, 5.41) is 14.2. The van der Waals surface area contributed by atoms with Crippen LogP contribution in [0.1, 0.15) is 23.5 Å². The van der Waals surface area contributed by atoms with Gasteiger partial charge < -0.3 is 14.6 Å². The standard InChI is InChI=1S/C17H22N4O2S2/c1-21-15(19-20-17(21)25-12-13-4-2-10-23-13)8-9-18-16(22)7-6-14-5-3-11-24-14/h3,5-7,11,13H,2,4,8-10,12H2,1H3,(H,18,22)/b7-6+. The first-order valence-corrected chi connectivity index (χ1v) is 10.2. The fourth-order valence-electron chi connectivity index (χ4n) is 2.53. The number of nitrogens with one attached hydrogen (secondary N) is 1. The highest BCUT2D eigenvalue weighted by molar-refractivity contribution is 7.99. The number of thiophene rings is 1. The van der Waals surface area contributed by atoms with E-state index in [2.05, 4.69) is 15.5 Å². The topological polar surface area (TPSA) is 69.0 Å². The lowest BCUT2D eigenvalue weighted by molar-refractivity contribution is -0.116. The Morgan fingerprint density at radius 3 is 3.24 bits per heavy atom. The van der Waals surface area contributed by atoms with Gasteiger partial charge in [-0.1, -0.05) is 17.8 Å². The van der Waals surface area contributed by atoms with Crippen LogP contribution in [0.15, 0.2) is 28.7 Å². The molecule has 1 amide bonds. The van der Waals surface area contributed by atoms with Gasteiger partial charge in [-0.25, -0.2) is 0 Å². The third-order valence-electron chi connectivity index (χ3n) is 3.94. The van der Waals surface area contributed by atoms with Gasteiger partial charge in [0.2, 0.25) is 5.91 Å². The second kappa shape index (κ2) is 9.17. The number of carbonyl (C=O) groups excluding carboxylic acids is 1. The van der Waals surface area contributed by atoms with Crippen LogP contribution < -0.4 is 5.32 Å². The van der Waals surface area contributed by atoms with E-state index in [4.69, 9.17) is 4.74 Å².